The van der Waals surface area contributed by atoms with Crippen molar-refractivity contribution < 1.29 is 23.9 Å². The van der Waals surface area contributed by atoms with Crippen LogP contribution in [-0.4, -0.2) is 44.8 Å². The van der Waals surface area contributed by atoms with E-state index in [0.717, 1.165) is 10.5 Å². The zero-order valence-electron chi connectivity index (χ0n) is 15.9. The highest BCUT2D eigenvalue weighted by atomic mass is 16.6. The van der Waals surface area contributed by atoms with Gasteiger partial charge in [-0.3, -0.25) is 4.79 Å². The third-order valence-corrected chi connectivity index (χ3v) is 3.90. The summed E-state index contributed by atoms with van der Waals surface area (Å²) in [6, 6.07) is 8.71. The first-order valence-corrected chi connectivity index (χ1v) is 8.75. The van der Waals surface area contributed by atoms with E-state index in [4.69, 9.17) is 9.47 Å². The lowest BCUT2D eigenvalue weighted by Gasteiger charge is -2.19. The van der Waals surface area contributed by atoms with E-state index < -0.39 is 29.7 Å². The number of amides is 2. The SMILES string of the molecule is CC(C)(C)OC(=O)n1cnc(/C=C/C(=O)N2C(=O)OC[C@@H]2c2ccccc2)c1. The molecule has 8 nitrogen and oxygen atoms in total. The number of rotatable bonds is 3. The fraction of sp³-hybridized carbons (Fsp3) is 0.300. The maximum absolute atomic E-state index is 12.6. The van der Waals surface area contributed by atoms with Gasteiger partial charge in [-0.25, -0.2) is 24.0 Å². The zero-order valence-corrected chi connectivity index (χ0v) is 15.9. The molecule has 8 heteroatoms. The summed E-state index contributed by atoms with van der Waals surface area (Å²) in [5.41, 5.74) is 0.558. The van der Waals surface area contributed by atoms with Crippen molar-refractivity contribution >= 4 is 24.2 Å². The Morgan fingerprint density at radius 1 is 1.25 bits per heavy atom. The van der Waals surface area contributed by atoms with Gasteiger partial charge in [-0.15, -0.1) is 0 Å². The van der Waals surface area contributed by atoms with E-state index in [9.17, 15) is 14.4 Å². The highest BCUT2D eigenvalue weighted by Crippen LogP contribution is 2.27. The summed E-state index contributed by atoms with van der Waals surface area (Å²) in [4.78, 5) is 41.7. The summed E-state index contributed by atoms with van der Waals surface area (Å²) < 4.78 is 11.5. The van der Waals surface area contributed by atoms with Gasteiger partial charge in [0.2, 0.25) is 0 Å². The first-order valence-electron chi connectivity index (χ1n) is 8.75. The number of imide groups is 1. The largest absolute Gasteiger partial charge is 0.446 e. The van der Waals surface area contributed by atoms with E-state index in [2.05, 4.69) is 4.98 Å². The smallest absolute Gasteiger partial charge is 0.419 e. The number of benzene rings is 1. The summed E-state index contributed by atoms with van der Waals surface area (Å²) in [7, 11) is 0. The second kappa shape index (κ2) is 7.67. The van der Waals surface area contributed by atoms with Crippen LogP contribution in [0.2, 0.25) is 0 Å². The Kier molecular flexibility index (Phi) is 5.30. The molecule has 0 bridgehead atoms. The average molecular weight is 383 g/mol. The second-order valence-electron chi connectivity index (χ2n) is 7.23. The van der Waals surface area contributed by atoms with Crippen LogP contribution in [0, 0.1) is 0 Å². The Labute approximate surface area is 162 Å². The molecule has 1 aliphatic heterocycles. The van der Waals surface area contributed by atoms with Gasteiger partial charge in [0, 0.05) is 12.3 Å². The Hall–Kier alpha value is -3.42. The van der Waals surface area contributed by atoms with Crippen molar-refractivity contribution in [1.82, 2.24) is 14.5 Å². The number of carbonyl (C=O) groups excluding carboxylic acids is 3. The van der Waals surface area contributed by atoms with Crippen molar-refractivity contribution in [2.45, 2.75) is 32.4 Å². The molecule has 2 amide bonds. The predicted molar refractivity (Wildman–Crippen MR) is 100 cm³/mol. The van der Waals surface area contributed by atoms with Crippen molar-refractivity contribution in [1.29, 1.82) is 0 Å². The van der Waals surface area contributed by atoms with Gasteiger partial charge in [-0.1, -0.05) is 30.3 Å². The minimum Gasteiger partial charge on any atom is -0.446 e. The molecule has 3 rings (SSSR count). The lowest BCUT2D eigenvalue weighted by atomic mass is 10.1. The van der Waals surface area contributed by atoms with Crippen molar-refractivity contribution in [2.75, 3.05) is 6.61 Å². The summed E-state index contributed by atoms with van der Waals surface area (Å²) in [5, 5.41) is 0. The van der Waals surface area contributed by atoms with E-state index in [1.807, 2.05) is 30.3 Å². The van der Waals surface area contributed by atoms with Crippen LogP contribution in [0.5, 0.6) is 0 Å². The van der Waals surface area contributed by atoms with Gasteiger partial charge < -0.3 is 9.47 Å². The molecule has 1 aromatic heterocycles. The monoisotopic (exact) mass is 383 g/mol. The van der Waals surface area contributed by atoms with Gasteiger partial charge in [0.25, 0.3) is 5.91 Å². The number of ether oxygens (including phenoxy) is 2. The molecule has 1 saturated heterocycles. The summed E-state index contributed by atoms with van der Waals surface area (Å²) >= 11 is 0. The van der Waals surface area contributed by atoms with E-state index in [-0.39, 0.29) is 6.61 Å². The first kappa shape index (κ1) is 19.3. The number of imidazole rings is 1. The molecule has 1 atom stereocenters. The number of carbonyl (C=O) groups is 3. The molecule has 0 aliphatic carbocycles. The first-order chi connectivity index (χ1) is 13.2. The molecule has 2 heterocycles. The Morgan fingerprint density at radius 2 is 1.96 bits per heavy atom. The number of hydrogen-bond donors (Lipinski definition) is 0. The molecule has 0 saturated carbocycles. The molecule has 1 fully saturated rings. The quantitative estimate of drug-likeness (QED) is 0.755. The molecule has 0 unspecified atom stereocenters. The summed E-state index contributed by atoms with van der Waals surface area (Å²) in [5.74, 6) is -0.525. The highest BCUT2D eigenvalue weighted by molar-refractivity contribution is 6.02. The van der Waals surface area contributed by atoms with Crippen molar-refractivity contribution in [2.24, 2.45) is 0 Å². The van der Waals surface area contributed by atoms with Crippen LogP contribution >= 0.6 is 0 Å². The zero-order chi connectivity index (χ0) is 20.3. The third kappa shape index (κ3) is 4.46. The van der Waals surface area contributed by atoms with Gasteiger partial charge in [0.05, 0.1) is 5.69 Å². The van der Waals surface area contributed by atoms with Crippen LogP contribution in [0.25, 0.3) is 6.08 Å². The second-order valence-corrected chi connectivity index (χ2v) is 7.23. The molecule has 2 aromatic rings. The molecule has 28 heavy (non-hydrogen) atoms. The normalized spacial score (nSPS) is 17.0. The number of cyclic esters (lactones) is 1. The Balaban J connectivity index is 1.71. The molecule has 0 N–H and O–H groups in total. The van der Waals surface area contributed by atoms with Gasteiger partial charge in [-0.2, -0.15) is 0 Å². The maximum atomic E-state index is 12.6. The van der Waals surface area contributed by atoms with Crippen LogP contribution in [-0.2, 0) is 14.3 Å². The van der Waals surface area contributed by atoms with Gasteiger partial charge in [0.15, 0.2) is 0 Å². The maximum Gasteiger partial charge on any atom is 0.419 e. The van der Waals surface area contributed by atoms with Gasteiger partial charge in [-0.05, 0) is 32.4 Å². The van der Waals surface area contributed by atoms with Crippen molar-refractivity contribution in [3.63, 3.8) is 0 Å². The average Bonchev–Trinajstić information content (AvgIpc) is 3.26. The van der Waals surface area contributed by atoms with Crippen LogP contribution in [0.3, 0.4) is 0 Å². The van der Waals surface area contributed by atoms with Crippen LogP contribution in [0.15, 0.2) is 48.9 Å². The molecular formula is C20H21N3O5. The topological polar surface area (TPSA) is 90.7 Å². The predicted octanol–water partition coefficient (Wildman–Crippen LogP) is 3.40. The molecule has 0 spiro atoms. The Morgan fingerprint density at radius 3 is 2.64 bits per heavy atom. The fourth-order valence-corrected chi connectivity index (χ4v) is 2.66. The number of aromatic nitrogens is 2. The van der Waals surface area contributed by atoms with E-state index in [0.29, 0.717) is 5.69 Å². The standard InChI is InChI=1S/C20H21N3O5/c1-20(2,3)28-18(25)22-11-15(21-13-22)9-10-17(24)23-16(12-27-19(23)26)14-7-5-4-6-8-14/h4-11,13,16H,12H2,1-3H3/b10-9+/t16-/m1/s1. The number of hydrogen-bond acceptors (Lipinski definition) is 6. The van der Waals surface area contributed by atoms with E-state index in [1.165, 1.54) is 29.2 Å². The molecular weight excluding hydrogens is 362 g/mol. The third-order valence-electron chi connectivity index (χ3n) is 3.90. The highest BCUT2D eigenvalue weighted by Gasteiger charge is 2.37. The number of nitrogens with zero attached hydrogens (tertiary/aromatic N) is 3. The van der Waals surface area contributed by atoms with E-state index >= 15 is 0 Å². The molecule has 1 aliphatic rings. The molecule has 0 radical (unpaired) electrons. The van der Waals surface area contributed by atoms with Crippen molar-refractivity contribution in [3.05, 3.63) is 60.2 Å². The minimum atomic E-state index is -0.692. The molecule has 1 aromatic carbocycles. The van der Waals surface area contributed by atoms with Crippen molar-refractivity contribution in [3.8, 4) is 0 Å². The minimum absolute atomic E-state index is 0.107. The van der Waals surface area contributed by atoms with Crippen LogP contribution in [0.1, 0.15) is 38.1 Å². The summed E-state index contributed by atoms with van der Waals surface area (Å²) in [6.07, 6.45) is 4.13. The molecule has 146 valence electrons. The van der Waals surface area contributed by atoms with Gasteiger partial charge >= 0.3 is 12.2 Å². The summed E-state index contributed by atoms with van der Waals surface area (Å²) in [6.45, 7) is 5.40. The van der Waals surface area contributed by atoms with Crippen LogP contribution < -0.4 is 0 Å². The fourth-order valence-electron chi connectivity index (χ4n) is 2.66. The Bertz CT molecular complexity index is 911. The van der Waals surface area contributed by atoms with Crippen LogP contribution in [0.4, 0.5) is 9.59 Å². The lowest BCUT2D eigenvalue weighted by molar-refractivity contribution is -0.124. The lowest BCUT2D eigenvalue weighted by Crippen LogP contribution is -2.32. The van der Waals surface area contributed by atoms with Gasteiger partial charge in [0.1, 0.15) is 24.6 Å². The van der Waals surface area contributed by atoms with E-state index in [1.54, 1.807) is 20.8 Å².